The first kappa shape index (κ1) is 18.5. The first-order valence-corrected chi connectivity index (χ1v) is 8.67. The van der Waals surface area contributed by atoms with Gasteiger partial charge in [-0.25, -0.2) is 0 Å². The Hall–Kier alpha value is -1.88. The minimum atomic E-state index is -0.560. The summed E-state index contributed by atoms with van der Waals surface area (Å²) in [4.78, 5) is 26.4. The molecule has 0 radical (unpaired) electrons. The molecule has 0 unspecified atom stereocenters. The number of carbonyl (C=O) groups is 2. The summed E-state index contributed by atoms with van der Waals surface area (Å²) in [5.74, 6) is 0.363. The second-order valence-electron chi connectivity index (χ2n) is 6.72. The molecule has 1 heterocycles. The summed E-state index contributed by atoms with van der Waals surface area (Å²) in [6.07, 6.45) is 1.43. The van der Waals surface area contributed by atoms with E-state index in [1.165, 1.54) is 0 Å². The molecule has 5 heteroatoms. The van der Waals surface area contributed by atoms with Crippen LogP contribution in [0.3, 0.4) is 0 Å². The molecule has 0 aliphatic carbocycles. The van der Waals surface area contributed by atoms with E-state index >= 15 is 0 Å². The second-order valence-corrected chi connectivity index (χ2v) is 6.72. The van der Waals surface area contributed by atoms with Crippen LogP contribution < -0.4 is 5.32 Å². The molecule has 1 aromatic carbocycles. The number of ether oxygens (including phenoxy) is 1. The highest BCUT2D eigenvalue weighted by atomic mass is 16.5. The van der Waals surface area contributed by atoms with Crippen LogP contribution in [-0.4, -0.2) is 43.5 Å². The number of rotatable bonds is 6. The Morgan fingerprint density at radius 2 is 2.00 bits per heavy atom. The van der Waals surface area contributed by atoms with Crippen molar-refractivity contribution in [2.24, 2.45) is 11.8 Å². The molecular weight excluding hydrogens is 304 g/mol. The van der Waals surface area contributed by atoms with Gasteiger partial charge in [-0.05, 0) is 24.3 Å². The van der Waals surface area contributed by atoms with E-state index in [-0.39, 0.29) is 17.7 Å². The maximum Gasteiger partial charge on any atom is 0.256 e. The Balaban J connectivity index is 1.95. The van der Waals surface area contributed by atoms with Crippen molar-refractivity contribution in [2.75, 3.05) is 26.7 Å². The normalized spacial score (nSPS) is 19.2. The van der Waals surface area contributed by atoms with Crippen molar-refractivity contribution in [3.63, 3.8) is 0 Å². The molecular formula is C19H28N2O3. The van der Waals surface area contributed by atoms with Gasteiger partial charge in [0.15, 0.2) is 6.10 Å². The standard InChI is InChI=1S/C19H28N2O3/c1-14(2)18(22)20-12-15-8-7-11-21(13-15)19(23)17(24-3)16-9-5-4-6-10-16/h4-6,9-10,14-15,17H,7-8,11-13H2,1-3H3,(H,20,22)/t15-,17+/m0/s1. The molecule has 2 atom stereocenters. The topological polar surface area (TPSA) is 58.6 Å². The monoisotopic (exact) mass is 332 g/mol. The summed E-state index contributed by atoms with van der Waals surface area (Å²) in [5, 5.41) is 2.98. The Bertz CT molecular complexity index is 545. The van der Waals surface area contributed by atoms with Crippen molar-refractivity contribution in [2.45, 2.75) is 32.8 Å². The number of hydrogen-bond acceptors (Lipinski definition) is 3. The number of hydrogen-bond donors (Lipinski definition) is 1. The number of likely N-dealkylation sites (tertiary alicyclic amines) is 1. The molecule has 1 fully saturated rings. The smallest absolute Gasteiger partial charge is 0.256 e. The minimum absolute atomic E-state index is 0.00332. The summed E-state index contributed by atoms with van der Waals surface area (Å²) in [5.41, 5.74) is 0.875. The highest BCUT2D eigenvalue weighted by Gasteiger charge is 2.30. The van der Waals surface area contributed by atoms with Crippen LogP contribution in [0.1, 0.15) is 38.4 Å². The number of piperidine rings is 1. The van der Waals surface area contributed by atoms with Gasteiger partial charge in [-0.2, -0.15) is 0 Å². The van der Waals surface area contributed by atoms with Crippen molar-refractivity contribution < 1.29 is 14.3 Å². The Kier molecular flexibility index (Phi) is 6.79. The molecule has 0 aromatic heterocycles. The summed E-state index contributed by atoms with van der Waals surface area (Å²) in [6, 6.07) is 9.58. The minimum Gasteiger partial charge on any atom is -0.367 e. The number of nitrogens with zero attached hydrogens (tertiary/aromatic N) is 1. The molecule has 132 valence electrons. The molecule has 0 bridgehead atoms. The first-order chi connectivity index (χ1) is 11.5. The largest absolute Gasteiger partial charge is 0.367 e. The summed E-state index contributed by atoms with van der Waals surface area (Å²) in [7, 11) is 1.57. The third-order valence-electron chi connectivity index (χ3n) is 4.48. The fourth-order valence-electron chi connectivity index (χ4n) is 3.05. The Morgan fingerprint density at radius 1 is 1.29 bits per heavy atom. The maximum absolute atomic E-state index is 12.8. The molecule has 2 amide bonds. The lowest BCUT2D eigenvalue weighted by atomic mass is 9.96. The molecule has 5 nitrogen and oxygen atoms in total. The number of nitrogens with one attached hydrogen (secondary N) is 1. The molecule has 1 aromatic rings. The number of benzene rings is 1. The van der Waals surface area contributed by atoms with Gasteiger partial charge in [0.2, 0.25) is 5.91 Å². The van der Waals surface area contributed by atoms with Gasteiger partial charge < -0.3 is 15.0 Å². The quantitative estimate of drug-likeness (QED) is 0.870. The van der Waals surface area contributed by atoms with Crippen LogP contribution >= 0.6 is 0 Å². The van der Waals surface area contributed by atoms with Gasteiger partial charge in [0, 0.05) is 32.7 Å². The van der Waals surface area contributed by atoms with Crippen molar-refractivity contribution in [3.8, 4) is 0 Å². The maximum atomic E-state index is 12.8. The van der Waals surface area contributed by atoms with Gasteiger partial charge in [0.05, 0.1) is 0 Å². The van der Waals surface area contributed by atoms with E-state index in [1.807, 2.05) is 49.1 Å². The Morgan fingerprint density at radius 3 is 2.62 bits per heavy atom. The van der Waals surface area contributed by atoms with Crippen molar-refractivity contribution in [1.82, 2.24) is 10.2 Å². The van der Waals surface area contributed by atoms with Crippen molar-refractivity contribution in [3.05, 3.63) is 35.9 Å². The van der Waals surface area contributed by atoms with E-state index in [0.29, 0.717) is 19.0 Å². The van der Waals surface area contributed by atoms with Gasteiger partial charge in [-0.15, -0.1) is 0 Å². The van der Waals surface area contributed by atoms with Gasteiger partial charge in [0.1, 0.15) is 0 Å². The van der Waals surface area contributed by atoms with Crippen LogP contribution in [0.2, 0.25) is 0 Å². The van der Waals surface area contributed by atoms with Crippen LogP contribution in [0.15, 0.2) is 30.3 Å². The molecule has 24 heavy (non-hydrogen) atoms. The van der Waals surface area contributed by atoms with E-state index in [1.54, 1.807) is 7.11 Å². The SMILES string of the molecule is CO[C@@H](C(=O)N1CCC[C@@H](CNC(=O)C(C)C)C1)c1ccccc1. The molecule has 2 rings (SSSR count). The van der Waals surface area contributed by atoms with Crippen LogP contribution in [0.25, 0.3) is 0 Å². The molecule has 1 aliphatic heterocycles. The average molecular weight is 332 g/mol. The summed E-state index contributed by atoms with van der Waals surface area (Å²) >= 11 is 0. The van der Waals surface area contributed by atoms with E-state index < -0.39 is 6.10 Å². The number of carbonyl (C=O) groups excluding carboxylic acids is 2. The van der Waals surface area contributed by atoms with E-state index in [4.69, 9.17) is 4.74 Å². The Labute approximate surface area is 144 Å². The third-order valence-corrected chi connectivity index (χ3v) is 4.48. The second kappa shape index (κ2) is 8.83. The lowest BCUT2D eigenvalue weighted by Crippen LogP contribution is -2.46. The van der Waals surface area contributed by atoms with Crippen LogP contribution in [-0.2, 0) is 14.3 Å². The number of amides is 2. The molecule has 0 spiro atoms. The van der Waals surface area contributed by atoms with Gasteiger partial charge in [0.25, 0.3) is 5.91 Å². The fourth-order valence-corrected chi connectivity index (χ4v) is 3.05. The van der Waals surface area contributed by atoms with Crippen LogP contribution in [0, 0.1) is 11.8 Å². The van der Waals surface area contributed by atoms with Gasteiger partial charge in [-0.1, -0.05) is 44.2 Å². The summed E-state index contributed by atoms with van der Waals surface area (Å²) in [6.45, 7) is 5.82. The highest BCUT2D eigenvalue weighted by molar-refractivity contribution is 5.82. The predicted octanol–water partition coefficient (Wildman–Crippen LogP) is 2.38. The van der Waals surface area contributed by atoms with Crippen molar-refractivity contribution in [1.29, 1.82) is 0 Å². The lowest BCUT2D eigenvalue weighted by molar-refractivity contribution is -0.144. The van der Waals surface area contributed by atoms with Gasteiger partial charge in [-0.3, -0.25) is 9.59 Å². The zero-order chi connectivity index (χ0) is 17.5. The third kappa shape index (κ3) is 4.81. The summed E-state index contributed by atoms with van der Waals surface area (Å²) < 4.78 is 5.46. The van der Waals surface area contributed by atoms with E-state index in [9.17, 15) is 9.59 Å². The van der Waals surface area contributed by atoms with Crippen molar-refractivity contribution >= 4 is 11.8 Å². The predicted molar refractivity (Wildman–Crippen MR) is 93.3 cm³/mol. The van der Waals surface area contributed by atoms with Crippen LogP contribution in [0.5, 0.6) is 0 Å². The highest BCUT2D eigenvalue weighted by Crippen LogP contribution is 2.23. The molecule has 1 saturated heterocycles. The first-order valence-electron chi connectivity index (χ1n) is 8.67. The van der Waals surface area contributed by atoms with E-state index in [2.05, 4.69) is 5.32 Å². The van der Waals surface area contributed by atoms with Gasteiger partial charge >= 0.3 is 0 Å². The molecule has 1 aliphatic rings. The zero-order valence-corrected chi connectivity index (χ0v) is 14.8. The fraction of sp³-hybridized carbons (Fsp3) is 0.579. The average Bonchev–Trinajstić information content (AvgIpc) is 2.61. The zero-order valence-electron chi connectivity index (χ0n) is 14.8. The number of methoxy groups -OCH3 is 1. The van der Waals surface area contributed by atoms with E-state index in [0.717, 1.165) is 24.9 Å². The molecule has 0 saturated carbocycles. The lowest BCUT2D eigenvalue weighted by Gasteiger charge is -2.35. The molecule has 1 N–H and O–H groups in total. The van der Waals surface area contributed by atoms with Crippen LogP contribution in [0.4, 0.5) is 0 Å².